The maximum Gasteiger partial charge on any atom is 0.329 e. The van der Waals surface area contributed by atoms with Crippen LogP contribution in [0.4, 0.5) is 0 Å². The number of carboxylic acids is 1. The fourth-order valence-electron chi connectivity index (χ4n) is 0.926. The molecule has 0 aliphatic rings. The van der Waals surface area contributed by atoms with Crippen LogP contribution in [0.2, 0.25) is 0 Å². The van der Waals surface area contributed by atoms with Crippen molar-refractivity contribution in [2.24, 2.45) is 5.92 Å². The molecule has 1 amide bonds. The van der Waals surface area contributed by atoms with Crippen molar-refractivity contribution in [1.29, 1.82) is 0 Å². The van der Waals surface area contributed by atoms with Crippen LogP contribution in [0, 0.1) is 5.92 Å². The molecule has 0 aromatic carbocycles. The normalized spacial score (nSPS) is 14.6. The molecule has 0 aliphatic carbocycles. The van der Waals surface area contributed by atoms with Crippen LogP contribution < -0.4 is 5.32 Å². The summed E-state index contributed by atoms with van der Waals surface area (Å²) in [6, 6.07) is -1.33. The van der Waals surface area contributed by atoms with Crippen molar-refractivity contribution in [3.63, 3.8) is 0 Å². The molecule has 0 aliphatic heterocycles. The fourth-order valence-corrected chi connectivity index (χ4v) is 0.926. The van der Waals surface area contributed by atoms with Crippen LogP contribution in [0.15, 0.2) is 12.2 Å². The van der Waals surface area contributed by atoms with Gasteiger partial charge in [-0.3, -0.25) is 4.79 Å². The monoisotopic (exact) mass is 201 g/mol. The summed E-state index contributed by atoms with van der Waals surface area (Å²) in [5, 5.41) is 20.3. The molecule has 5 heteroatoms. The topological polar surface area (TPSA) is 86.6 Å². The van der Waals surface area contributed by atoms with Gasteiger partial charge in [0, 0.05) is 0 Å². The predicted octanol–water partition coefficient (Wildman–Crippen LogP) is -0.241. The quantitative estimate of drug-likeness (QED) is 0.409. The van der Waals surface area contributed by atoms with Gasteiger partial charge in [-0.25, -0.2) is 4.79 Å². The molecular weight excluding hydrogens is 186 g/mol. The third-order valence-electron chi connectivity index (χ3n) is 1.95. The number of aliphatic hydroxyl groups excluding tert-OH is 1. The number of amides is 1. The average molecular weight is 201 g/mol. The SMILES string of the molecule is C=C(C(C)C)C(O)C(NC=O)C(=O)O. The molecule has 0 heterocycles. The van der Waals surface area contributed by atoms with Gasteiger partial charge in [-0.15, -0.1) is 0 Å². The molecule has 80 valence electrons. The minimum atomic E-state index is -1.33. The Morgan fingerprint density at radius 3 is 2.29 bits per heavy atom. The van der Waals surface area contributed by atoms with E-state index in [0.29, 0.717) is 5.57 Å². The highest BCUT2D eigenvalue weighted by atomic mass is 16.4. The van der Waals surface area contributed by atoms with Gasteiger partial charge in [0.1, 0.15) is 6.10 Å². The van der Waals surface area contributed by atoms with Gasteiger partial charge >= 0.3 is 5.97 Å². The summed E-state index contributed by atoms with van der Waals surface area (Å²) < 4.78 is 0. The van der Waals surface area contributed by atoms with E-state index in [4.69, 9.17) is 5.11 Å². The van der Waals surface area contributed by atoms with E-state index in [1.807, 2.05) is 5.32 Å². The molecule has 0 spiro atoms. The van der Waals surface area contributed by atoms with Crippen LogP contribution in [-0.4, -0.2) is 34.7 Å². The Hall–Kier alpha value is -1.36. The van der Waals surface area contributed by atoms with Gasteiger partial charge in [0.25, 0.3) is 0 Å². The molecule has 0 saturated carbocycles. The first-order chi connectivity index (χ1) is 6.41. The third kappa shape index (κ3) is 3.18. The van der Waals surface area contributed by atoms with Crippen LogP contribution in [-0.2, 0) is 9.59 Å². The molecule has 0 fully saturated rings. The Bertz CT molecular complexity index is 237. The number of rotatable bonds is 6. The summed E-state index contributed by atoms with van der Waals surface area (Å²) in [5.74, 6) is -1.33. The molecule has 0 aromatic heterocycles. The van der Waals surface area contributed by atoms with E-state index < -0.39 is 18.1 Å². The minimum absolute atomic E-state index is 0.0414. The number of carbonyl (C=O) groups is 2. The molecule has 0 saturated heterocycles. The van der Waals surface area contributed by atoms with E-state index in [-0.39, 0.29) is 12.3 Å². The fraction of sp³-hybridized carbons (Fsp3) is 0.556. The van der Waals surface area contributed by atoms with Crippen LogP contribution in [0.3, 0.4) is 0 Å². The van der Waals surface area contributed by atoms with Gasteiger partial charge in [-0.2, -0.15) is 0 Å². The molecule has 14 heavy (non-hydrogen) atoms. The van der Waals surface area contributed by atoms with Gasteiger partial charge in [-0.1, -0.05) is 20.4 Å². The standard InChI is InChI=1S/C9H15NO4/c1-5(2)6(3)8(12)7(9(13)14)10-4-11/h4-5,7-8,12H,3H2,1-2H3,(H,10,11)(H,13,14). The zero-order chi connectivity index (χ0) is 11.3. The van der Waals surface area contributed by atoms with Gasteiger partial charge in [0.15, 0.2) is 6.04 Å². The summed E-state index contributed by atoms with van der Waals surface area (Å²) in [6.45, 7) is 7.14. The molecule has 2 unspecified atom stereocenters. The number of carbonyl (C=O) groups excluding carboxylic acids is 1. The highest BCUT2D eigenvalue weighted by Crippen LogP contribution is 2.14. The first-order valence-corrected chi connectivity index (χ1v) is 4.21. The molecule has 2 atom stereocenters. The number of aliphatic carboxylic acids is 1. The Balaban J connectivity index is 4.58. The molecule has 3 N–H and O–H groups in total. The lowest BCUT2D eigenvalue weighted by molar-refractivity contribution is -0.143. The first kappa shape index (κ1) is 12.6. The van der Waals surface area contributed by atoms with Crippen LogP contribution >= 0.6 is 0 Å². The Kier molecular flexibility index (Phi) is 4.86. The first-order valence-electron chi connectivity index (χ1n) is 4.21. The van der Waals surface area contributed by atoms with Crippen molar-refractivity contribution in [2.45, 2.75) is 26.0 Å². The van der Waals surface area contributed by atoms with Crippen molar-refractivity contribution in [2.75, 3.05) is 0 Å². The lowest BCUT2D eigenvalue weighted by Gasteiger charge is -2.22. The van der Waals surface area contributed by atoms with Crippen molar-refractivity contribution >= 4 is 12.4 Å². The van der Waals surface area contributed by atoms with Crippen molar-refractivity contribution in [3.8, 4) is 0 Å². The zero-order valence-electron chi connectivity index (χ0n) is 8.23. The predicted molar refractivity (Wildman–Crippen MR) is 50.6 cm³/mol. The van der Waals surface area contributed by atoms with E-state index in [1.165, 1.54) is 0 Å². The lowest BCUT2D eigenvalue weighted by Crippen LogP contribution is -2.46. The minimum Gasteiger partial charge on any atom is -0.480 e. The molecule has 0 rings (SSSR count). The highest BCUT2D eigenvalue weighted by Gasteiger charge is 2.28. The molecule has 0 radical (unpaired) electrons. The third-order valence-corrected chi connectivity index (χ3v) is 1.95. The molecular formula is C9H15NO4. The summed E-state index contributed by atoms with van der Waals surface area (Å²) in [5.41, 5.74) is 0.381. The summed E-state index contributed by atoms with van der Waals surface area (Å²) in [6.07, 6.45) is -1.02. The second-order valence-corrected chi connectivity index (χ2v) is 3.27. The van der Waals surface area contributed by atoms with E-state index in [9.17, 15) is 14.7 Å². The molecule has 0 aromatic rings. The van der Waals surface area contributed by atoms with Crippen molar-refractivity contribution in [1.82, 2.24) is 5.32 Å². The molecule has 0 bridgehead atoms. The molecule has 5 nitrogen and oxygen atoms in total. The van der Waals surface area contributed by atoms with Crippen molar-refractivity contribution in [3.05, 3.63) is 12.2 Å². The second kappa shape index (κ2) is 5.39. The lowest BCUT2D eigenvalue weighted by atomic mass is 9.95. The summed E-state index contributed by atoms with van der Waals surface area (Å²) in [4.78, 5) is 20.7. The summed E-state index contributed by atoms with van der Waals surface area (Å²) in [7, 11) is 0. The van der Waals surface area contributed by atoms with Crippen molar-refractivity contribution < 1.29 is 19.8 Å². The second-order valence-electron chi connectivity index (χ2n) is 3.27. The van der Waals surface area contributed by atoms with Gasteiger partial charge in [0.05, 0.1) is 0 Å². The smallest absolute Gasteiger partial charge is 0.329 e. The van der Waals surface area contributed by atoms with E-state index in [2.05, 4.69) is 6.58 Å². The van der Waals surface area contributed by atoms with Crippen LogP contribution in [0.1, 0.15) is 13.8 Å². The van der Waals surface area contributed by atoms with Gasteiger partial charge in [-0.05, 0) is 11.5 Å². The van der Waals surface area contributed by atoms with Crippen LogP contribution in [0.25, 0.3) is 0 Å². The summed E-state index contributed by atoms with van der Waals surface area (Å²) >= 11 is 0. The Morgan fingerprint density at radius 1 is 1.50 bits per heavy atom. The largest absolute Gasteiger partial charge is 0.480 e. The number of hydrogen-bond donors (Lipinski definition) is 3. The van der Waals surface area contributed by atoms with E-state index in [1.54, 1.807) is 13.8 Å². The average Bonchev–Trinajstić information content (AvgIpc) is 2.11. The Morgan fingerprint density at radius 2 is 2.00 bits per heavy atom. The van der Waals surface area contributed by atoms with E-state index in [0.717, 1.165) is 0 Å². The Labute approximate surface area is 82.4 Å². The number of aliphatic hydroxyl groups is 1. The highest BCUT2D eigenvalue weighted by molar-refractivity contribution is 5.77. The van der Waals surface area contributed by atoms with Gasteiger partial charge < -0.3 is 15.5 Å². The number of hydrogen-bond acceptors (Lipinski definition) is 3. The van der Waals surface area contributed by atoms with Crippen LogP contribution in [0.5, 0.6) is 0 Å². The van der Waals surface area contributed by atoms with E-state index >= 15 is 0 Å². The van der Waals surface area contributed by atoms with Gasteiger partial charge in [0.2, 0.25) is 6.41 Å². The zero-order valence-corrected chi connectivity index (χ0v) is 8.23. The maximum atomic E-state index is 10.6. The number of carboxylic acid groups (broad SMARTS) is 1. The number of nitrogens with one attached hydrogen (secondary N) is 1. The maximum absolute atomic E-state index is 10.6.